The summed E-state index contributed by atoms with van der Waals surface area (Å²) in [5, 5.41) is 30.4. The highest BCUT2D eigenvalue weighted by atomic mass is 16.6. The number of ether oxygens (including phenoxy) is 5. The summed E-state index contributed by atoms with van der Waals surface area (Å²) in [4.78, 5) is 160. The van der Waals surface area contributed by atoms with E-state index < -0.39 is 150 Å². The molecule has 12 amide bonds. The van der Waals surface area contributed by atoms with E-state index in [1.165, 1.54) is 56.3 Å². The minimum Gasteiger partial charge on any atom is -0.449 e. The Bertz CT molecular complexity index is 3790. The predicted molar refractivity (Wildman–Crippen MR) is 420 cm³/mol. The number of nitrogens with zero attached hydrogens (tertiary/aromatic N) is 4. The molecule has 6 rings (SSSR count). The van der Waals surface area contributed by atoms with Gasteiger partial charge in [0.1, 0.15) is 43.0 Å². The van der Waals surface area contributed by atoms with Gasteiger partial charge in [-0.05, 0) is 117 Å². The van der Waals surface area contributed by atoms with Crippen LogP contribution in [0, 0.1) is 29.6 Å². The molecule has 610 valence electrons. The number of nitrogens with two attached hydrogens (primary N) is 1. The lowest BCUT2D eigenvalue weighted by Gasteiger charge is -2.41. The first-order valence-electron chi connectivity index (χ1n) is 38.4. The number of carbonyl (C=O) groups excluding carboxylic acids is 11. The first-order valence-corrected chi connectivity index (χ1v) is 38.4. The van der Waals surface area contributed by atoms with Crippen LogP contribution < -0.4 is 43.0 Å². The summed E-state index contributed by atoms with van der Waals surface area (Å²) in [6.07, 6.45) is -3.19. The van der Waals surface area contributed by atoms with Gasteiger partial charge in [0, 0.05) is 84.3 Å². The average Bonchev–Trinajstić information content (AvgIpc) is 1.65. The van der Waals surface area contributed by atoms with Crippen molar-refractivity contribution < 1.29 is 81.5 Å². The standard InChI is InChI=1S/C82H120N12O17/c1-19-50(8)69(64(107-17)44-65(95)94-41-28-36-63(94)71(108-18)51(9)72(97)86-52(10)70(96)53-29-21-20-22-30-53)92(15)77(102)67(48(4)5)89-76(101)68(49(6)7)93(16)81(106)110-45-54-37-38-55(43-60(54)73(98)84-40-42-91(14)80(105)111-82(11,12)13)87-74(99)62(35-27-39-85-78(83)103)88-75(100)66(47(2)3)90-79(104)109-46-61-58-33-25-23-31-56(58)57-32-24-26-34-59(57)61/h20-26,29-34,37-38,43,47-52,61-64,66-71,96H,19,27-28,35-36,39-42,44-46H2,1-18H3,(H,84,98)(H,86,97)(H,87,99)(H,88,100)(H,89,101)(H,90,104)(H3,83,85,103)/t50-,51+,52+,62-,63-,64+,66-,67-,68-,69-,70+,71+/m0/s1. The summed E-state index contributed by atoms with van der Waals surface area (Å²) in [5.74, 6) is -6.71. The summed E-state index contributed by atoms with van der Waals surface area (Å²) in [7, 11) is 7.46. The first kappa shape index (κ1) is 90.0. The number of rotatable bonds is 38. The number of fused-ring (bicyclic) bond motifs is 3. The number of aliphatic hydroxyl groups excluding tert-OH is 1. The molecule has 1 aliphatic heterocycles. The molecule has 29 nitrogen and oxygen atoms in total. The Balaban J connectivity index is 1.17. The Morgan fingerprint density at radius 3 is 1.86 bits per heavy atom. The number of methoxy groups -OCH3 is 2. The van der Waals surface area contributed by atoms with Crippen LogP contribution in [0.5, 0.6) is 0 Å². The Hall–Kier alpha value is -9.87. The van der Waals surface area contributed by atoms with Crippen LogP contribution in [-0.2, 0) is 59.1 Å². The molecule has 0 saturated carbocycles. The fourth-order valence-electron chi connectivity index (χ4n) is 14.4. The lowest BCUT2D eigenvalue weighted by Crippen LogP contribution is -2.60. The molecule has 4 aromatic rings. The van der Waals surface area contributed by atoms with Crippen LogP contribution in [0.4, 0.5) is 24.9 Å². The van der Waals surface area contributed by atoms with Crippen molar-refractivity contribution in [2.24, 2.45) is 35.3 Å². The Labute approximate surface area is 653 Å². The summed E-state index contributed by atoms with van der Waals surface area (Å²) in [5.41, 5.74) is 9.36. The molecule has 0 spiro atoms. The van der Waals surface area contributed by atoms with Crippen LogP contribution in [-0.4, -0.2) is 219 Å². The molecule has 29 heteroatoms. The van der Waals surface area contributed by atoms with Gasteiger partial charge in [-0.15, -0.1) is 0 Å². The second-order valence-corrected chi connectivity index (χ2v) is 31.0. The highest BCUT2D eigenvalue weighted by Gasteiger charge is 2.45. The zero-order chi connectivity index (χ0) is 82.3. The highest BCUT2D eigenvalue weighted by Crippen LogP contribution is 2.45. The predicted octanol–water partition coefficient (Wildman–Crippen LogP) is 8.61. The molecule has 0 unspecified atom stereocenters. The fourth-order valence-corrected chi connectivity index (χ4v) is 14.4. The van der Waals surface area contributed by atoms with Crippen molar-refractivity contribution in [1.29, 1.82) is 0 Å². The van der Waals surface area contributed by atoms with E-state index in [1.54, 1.807) is 100 Å². The van der Waals surface area contributed by atoms with Crippen molar-refractivity contribution in [1.82, 2.24) is 51.5 Å². The summed E-state index contributed by atoms with van der Waals surface area (Å²) >= 11 is 0. The number of urea groups is 1. The largest absolute Gasteiger partial charge is 0.449 e. The van der Waals surface area contributed by atoms with E-state index in [-0.39, 0.29) is 86.0 Å². The molecule has 111 heavy (non-hydrogen) atoms. The van der Waals surface area contributed by atoms with Gasteiger partial charge >= 0.3 is 24.3 Å². The van der Waals surface area contributed by atoms with Gasteiger partial charge < -0.3 is 86.4 Å². The van der Waals surface area contributed by atoms with Crippen LogP contribution >= 0.6 is 0 Å². The number of likely N-dealkylation sites (N-methyl/N-ethyl adjacent to an activating group) is 3. The Kier molecular flexibility index (Phi) is 34.0. The average molecular weight is 1550 g/mol. The van der Waals surface area contributed by atoms with E-state index >= 15 is 4.79 Å². The molecule has 1 fully saturated rings. The van der Waals surface area contributed by atoms with Gasteiger partial charge in [0.25, 0.3) is 5.91 Å². The van der Waals surface area contributed by atoms with E-state index in [0.717, 1.165) is 27.2 Å². The molecule has 10 N–H and O–H groups in total. The van der Waals surface area contributed by atoms with E-state index in [9.17, 15) is 53.1 Å². The summed E-state index contributed by atoms with van der Waals surface area (Å²) in [6.45, 7) is 22.7. The van der Waals surface area contributed by atoms with Crippen LogP contribution in [0.15, 0.2) is 97.1 Å². The van der Waals surface area contributed by atoms with Crippen molar-refractivity contribution in [2.45, 2.75) is 207 Å². The minimum absolute atomic E-state index is 0.00131. The lowest BCUT2D eigenvalue weighted by atomic mass is 9.89. The quantitative estimate of drug-likeness (QED) is 0.0150. The Morgan fingerprint density at radius 2 is 1.29 bits per heavy atom. The van der Waals surface area contributed by atoms with Crippen molar-refractivity contribution in [2.75, 3.05) is 73.5 Å². The molecule has 0 bridgehead atoms. The van der Waals surface area contributed by atoms with E-state index in [1.807, 2.05) is 80.6 Å². The van der Waals surface area contributed by atoms with Crippen molar-refractivity contribution in [3.05, 3.63) is 125 Å². The number of aliphatic hydroxyl groups is 1. The molecule has 2 aliphatic rings. The number of nitrogens with one attached hydrogen (secondary N) is 7. The highest BCUT2D eigenvalue weighted by molar-refractivity contribution is 6.01. The SMILES string of the molecule is CC[C@H](C)[C@@H]([C@@H](CC(=O)N1CCC[C@H]1[C@H](OC)[C@@H](C)C(=O)N[C@H](C)[C@@H](O)c1ccccc1)OC)N(C)C(=O)[C@@H](NC(=O)[C@H](C(C)C)N(C)C(=O)OCc1ccc(NC(=O)[C@H](CCCNC(N)=O)NC(=O)[C@@H](NC(=O)OCC2c3ccccc3-c3ccccc32)C(C)C)cc1C(=O)NCCN(C)C(=O)OC(C)(C)C)C(C)C. The third-order valence-electron chi connectivity index (χ3n) is 20.7. The zero-order valence-electron chi connectivity index (χ0n) is 67.8. The maximum Gasteiger partial charge on any atom is 0.410 e. The van der Waals surface area contributed by atoms with Gasteiger partial charge in [-0.2, -0.15) is 0 Å². The molecule has 1 heterocycles. The zero-order valence-corrected chi connectivity index (χ0v) is 67.8. The van der Waals surface area contributed by atoms with Crippen LogP contribution in [0.1, 0.15) is 173 Å². The molecule has 4 aromatic carbocycles. The number of anilines is 1. The monoisotopic (exact) mass is 1540 g/mol. The number of amides is 12. The van der Waals surface area contributed by atoms with Gasteiger partial charge in [0.15, 0.2) is 0 Å². The maximum atomic E-state index is 15.1. The maximum absolute atomic E-state index is 15.1. The number of hydrogen-bond acceptors (Lipinski definition) is 17. The second kappa shape index (κ2) is 42.0. The fraction of sp³-hybridized carbons (Fsp3) is 0.573. The Morgan fingerprint density at radius 1 is 0.667 bits per heavy atom. The number of primary amides is 1. The van der Waals surface area contributed by atoms with Crippen molar-refractivity contribution >= 4 is 71.3 Å². The van der Waals surface area contributed by atoms with Gasteiger partial charge in [0.2, 0.25) is 35.4 Å². The molecular formula is C82H120N12O17. The van der Waals surface area contributed by atoms with Gasteiger partial charge in [-0.1, -0.05) is 154 Å². The number of alkyl carbamates (subject to hydrolysis) is 1. The third-order valence-corrected chi connectivity index (χ3v) is 20.7. The van der Waals surface area contributed by atoms with Crippen LogP contribution in [0.3, 0.4) is 0 Å². The normalized spacial score (nSPS) is 16.3. The van der Waals surface area contributed by atoms with Crippen LogP contribution in [0.2, 0.25) is 0 Å². The number of likely N-dealkylation sites (tertiary alicyclic amines) is 1. The number of carbonyl (C=O) groups is 11. The summed E-state index contributed by atoms with van der Waals surface area (Å²) in [6, 6.07) is 21.5. The third kappa shape index (κ3) is 24.8. The van der Waals surface area contributed by atoms with Crippen molar-refractivity contribution in [3.63, 3.8) is 0 Å². The summed E-state index contributed by atoms with van der Waals surface area (Å²) < 4.78 is 29.3. The second-order valence-electron chi connectivity index (χ2n) is 31.0. The molecular weight excluding hydrogens is 1420 g/mol. The van der Waals surface area contributed by atoms with E-state index in [2.05, 4.69) is 37.2 Å². The van der Waals surface area contributed by atoms with Gasteiger partial charge in [-0.3, -0.25) is 38.5 Å². The van der Waals surface area contributed by atoms with E-state index in [0.29, 0.717) is 31.4 Å². The van der Waals surface area contributed by atoms with Crippen molar-refractivity contribution in [3.8, 4) is 11.1 Å². The number of hydrogen-bond donors (Lipinski definition) is 9. The molecule has 1 saturated heterocycles. The molecule has 0 radical (unpaired) electrons. The smallest absolute Gasteiger partial charge is 0.410 e. The topological polar surface area (TPSA) is 377 Å². The molecule has 1 aliphatic carbocycles. The van der Waals surface area contributed by atoms with Gasteiger partial charge in [-0.25, -0.2) is 19.2 Å². The first-order chi connectivity index (χ1) is 52.4. The lowest BCUT2D eigenvalue weighted by molar-refractivity contribution is -0.148. The molecule has 0 aromatic heterocycles. The number of benzene rings is 4. The van der Waals surface area contributed by atoms with Crippen LogP contribution in [0.25, 0.3) is 11.1 Å². The van der Waals surface area contributed by atoms with E-state index in [4.69, 9.17) is 29.4 Å². The molecule has 12 atom stereocenters. The van der Waals surface area contributed by atoms with Gasteiger partial charge in [0.05, 0.1) is 48.8 Å². The minimum atomic E-state index is -1.30.